The summed E-state index contributed by atoms with van der Waals surface area (Å²) in [5, 5.41) is -0.626. The van der Waals surface area contributed by atoms with Crippen LogP contribution in [0.25, 0.3) is 0 Å². The molecule has 0 heterocycles. The number of rotatable bonds is 3. The summed E-state index contributed by atoms with van der Waals surface area (Å²) >= 11 is 10.9. The molecule has 0 unspecified atom stereocenters. The lowest BCUT2D eigenvalue weighted by Crippen LogP contribution is -2.05. The van der Waals surface area contributed by atoms with Crippen LogP contribution < -0.4 is 4.74 Å². The van der Waals surface area contributed by atoms with Gasteiger partial charge in [0.1, 0.15) is 5.75 Å². The number of halogens is 6. The highest BCUT2D eigenvalue weighted by atomic mass is 35.5. The molecule has 15 heavy (non-hydrogen) atoms. The van der Waals surface area contributed by atoms with E-state index in [1.165, 1.54) is 0 Å². The van der Waals surface area contributed by atoms with Crippen molar-refractivity contribution in [2.24, 2.45) is 0 Å². The van der Waals surface area contributed by atoms with E-state index in [2.05, 4.69) is 4.74 Å². The Balaban J connectivity index is 3.21. The Kier molecular flexibility index (Phi) is 4.04. The van der Waals surface area contributed by atoms with Crippen molar-refractivity contribution in [2.45, 2.75) is 13.0 Å². The van der Waals surface area contributed by atoms with Crippen LogP contribution in [0.15, 0.2) is 12.1 Å². The van der Waals surface area contributed by atoms with E-state index in [1.807, 2.05) is 0 Å². The minimum atomic E-state index is -3.19. The fourth-order valence-corrected chi connectivity index (χ4v) is 1.35. The molecule has 0 fully saturated rings. The lowest BCUT2D eigenvalue weighted by Gasteiger charge is -2.12. The van der Waals surface area contributed by atoms with Gasteiger partial charge in [0.15, 0.2) is 0 Å². The molecular formula is C8H4Cl2F4O. The average molecular weight is 263 g/mol. The lowest BCUT2D eigenvalue weighted by molar-refractivity contribution is -0.0519. The largest absolute Gasteiger partial charge is 0.434 e. The zero-order valence-electron chi connectivity index (χ0n) is 6.99. The Hall–Kier alpha value is -0.680. The van der Waals surface area contributed by atoms with Gasteiger partial charge >= 0.3 is 6.61 Å². The maximum Gasteiger partial charge on any atom is 0.387 e. The van der Waals surface area contributed by atoms with Gasteiger partial charge in [-0.3, -0.25) is 0 Å². The van der Waals surface area contributed by atoms with Crippen LogP contribution in [0.5, 0.6) is 5.75 Å². The van der Waals surface area contributed by atoms with Gasteiger partial charge in [-0.25, -0.2) is 8.78 Å². The van der Waals surface area contributed by atoms with Crippen LogP contribution in [0.4, 0.5) is 17.6 Å². The minimum absolute atomic E-state index is 0.145. The zero-order chi connectivity index (χ0) is 11.6. The highest BCUT2D eigenvalue weighted by Gasteiger charge is 2.22. The summed E-state index contributed by atoms with van der Waals surface area (Å²) in [6.07, 6.45) is -3.04. The van der Waals surface area contributed by atoms with Gasteiger partial charge in [0.25, 0.3) is 6.43 Å². The first-order chi connectivity index (χ1) is 6.93. The van der Waals surface area contributed by atoms with Gasteiger partial charge in [-0.05, 0) is 12.1 Å². The van der Waals surface area contributed by atoms with E-state index in [0.29, 0.717) is 0 Å². The fraction of sp³-hybridized carbons (Fsp3) is 0.250. The molecule has 0 aliphatic rings. The monoisotopic (exact) mass is 262 g/mol. The zero-order valence-corrected chi connectivity index (χ0v) is 8.50. The third kappa shape index (κ3) is 2.89. The maximum absolute atomic E-state index is 12.5. The Morgan fingerprint density at radius 3 is 2.13 bits per heavy atom. The molecule has 0 N–H and O–H groups in total. The fourth-order valence-electron chi connectivity index (χ4n) is 0.951. The standard InChI is InChI=1S/C8H4Cl2F4O/c9-3-1-2-4(15-8(13)14)5(6(3)10)7(11)12/h1-2,7-8H. The van der Waals surface area contributed by atoms with Gasteiger partial charge < -0.3 is 4.74 Å². The molecule has 0 atom stereocenters. The van der Waals surface area contributed by atoms with Crippen molar-refractivity contribution in [3.63, 3.8) is 0 Å². The Morgan fingerprint density at radius 2 is 1.67 bits per heavy atom. The summed E-state index contributed by atoms with van der Waals surface area (Å²) in [4.78, 5) is 0. The highest BCUT2D eigenvalue weighted by molar-refractivity contribution is 6.42. The Morgan fingerprint density at radius 1 is 1.07 bits per heavy atom. The number of ether oxygens (including phenoxy) is 1. The first-order valence-electron chi connectivity index (χ1n) is 3.64. The third-order valence-corrected chi connectivity index (χ3v) is 2.35. The summed E-state index contributed by atoms with van der Waals surface area (Å²) in [7, 11) is 0. The van der Waals surface area contributed by atoms with Gasteiger partial charge in [0.2, 0.25) is 0 Å². The molecule has 7 heteroatoms. The molecular weight excluding hydrogens is 259 g/mol. The maximum atomic E-state index is 12.5. The summed E-state index contributed by atoms with van der Waals surface area (Å²) < 4.78 is 52.5. The summed E-state index contributed by atoms with van der Waals surface area (Å²) in [5.41, 5.74) is -0.829. The van der Waals surface area contributed by atoms with Crippen LogP contribution in [0.1, 0.15) is 12.0 Å². The highest BCUT2D eigenvalue weighted by Crippen LogP contribution is 2.39. The Labute approximate surface area is 92.5 Å². The van der Waals surface area contributed by atoms with Gasteiger partial charge in [-0.15, -0.1) is 0 Å². The first kappa shape index (κ1) is 12.4. The van der Waals surface area contributed by atoms with Crippen molar-refractivity contribution in [2.75, 3.05) is 0 Å². The van der Waals surface area contributed by atoms with Crippen LogP contribution in [-0.2, 0) is 0 Å². The van der Waals surface area contributed by atoms with E-state index >= 15 is 0 Å². The van der Waals surface area contributed by atoms with Crippen molar-refractivity contribution in [1.29, 1.82) is 0 Å². The van der Waals surface area contributed by atoms with Crippen molar-refractivity contribution in [3.05, 3.63) is 27.7 Å². The predicted octanol–water partition coefficient (Wildman–Crippen LogP) is 4.53. The Bertz CT molecular complexity index is 357. The van der Waals surface area contributed by atoms with E-state index in [0.717, 1.165) is 12.1 Å². The molecule has 0 amide bonds. The number of benzene rings is 1. The average Bonchev–Trinajstić information content (AvgIpc) is 2.10. The van der Waals surface area contributed by atoms with Crippen LogP contribution in [0, 0.1) is 0 Å². The minimum Gasteiger partial charge on any atom is -0.434 e. The van der Waals surface area contributed by atoms with Crippen molar-refractivity contribution < 1.29 is 22.3 Å². The number of alkyl halides is 4. The SMILES string of the molecule is FC(F)Oc1ccc(Cl)c(Cl)c1C(F)F. The molecule has 0 saturated carbocycles. The molecule has 0 aliphatic heterocycles. The molecule has 84 valence electrons. The normalized spacial score (nSPS) is 11.2. The molecule has 1 aromatic rings. The van der Waals surface area contributed by atoms with Gasteiger partial charge in [-0.2, -0.15) is 8.78 Å². The van der Waals surface area contributed by atoms with Crippen molar-refractivity contribution in [1.82, 2.24) is 0 Å². The quantitative estimate of drug-likeness (QED) is 0.728. The van der Waals surface area contributed by atoms with Crippen LogP contribution >= 0.6 is 23.2 Å². The van der Waals surface area contributed by atoms with Crippen LogP contribution in [0.3, 0.4) is 0 Å². The van der Waals surface area contributed by atoms with E-state index in [9.17, 15) is 17.6 Å². The van der Waals surface area contributed by atoms with Gasteiger partial charge in [0, 0.05) is 0 Å². The van der Waals surface area contributed by atoms with Gasteiger partial charge in [0.05, 0.1) is 15.6 Å². The van der Waals surface area contributed by atoms with E-state index in [1.54, 1.807) is 0 Å². The van der Waals surface area contributed by atoms with E-state index in [4.69, 9.17) is 23.2 Å². The molecule has 0 radical (unpaired) electrons. The smallest absolute Gasteiger partial charge is 0.387 e. The second-order valence-corrected chi connectivity index (χ2v) is 3.24. The van der Waals surface area contributed by atoms with Crippen LogP contribution in [-0.4, -0.2) is 6.61 Å². The summed E-state index contributed by atoms with van der Waals surface area (Å²) in [5.74, 6) is -0.672. The number of hydrogen-bond acceptors (Lipinski definition) is 1. The summed E-state index contributed by atoms with van der Waals surface area (Å²) in [6, 6.07) is 2.02. The molecule has 1 nitrogen and oxygen atoms in total. The first-order valence-corrected chi connectivity index (χ1v) is 4.40. The molecule has 1 aromatic carbocycles. The molecule has 0 bridgehead atoms. The van der Waals surface area contributed by atoms with Crippen molar-refractivity contribution in [3.8, 4) is 5.75 Å². The summed E-state index contributed by atoms with van der Waals surface area (Å²) in [6.45, 7) is -3.19. The second-order valence-electron chi connectivity index (χ2n) is 2.45. The molecule has 0 aliphatic carbocycles. The molecule has 1 rings (SSSR count). The van der Waals surface area contributed by atoms with E-state index in [-0.39, 0.29) is 5.02 Å². The second kappa shape index (κ2) is 4.90. The molecule has 0 saturated heterocycles. The topological polar surface area (TPSA) is 9.23 Å². The van der Waals surface area contributed by atoms with Crippen LogP contribution in [0.2, 0.25) is 10.0 Å². The van der Waals surface area contributed by atoms with Crippen molar-refractivity contribution >= 4 is 23.2 Å². The lowest BCUT2D eigenvalue weighted by atomic mass is 10.2. The van der Waals surface area contributed by atoms with Gasteiger partial charge in [-0.1, -0.05) is 23.2 Å². The van der Waals surface area contributed by atoms with E-state index < -0.39 is 29.4 Å². The third-order valence-electron chi connectivity index (χ3n) is 1.53. The molecule has 0 spiro atoms. The number of hydrogen-bond donors (Lipinski definition) is 0. The predicted molar refractivity (Wildman–Crippen MR) is 48.1 cm³/mol. The molecule has 0 aromatic heterocycles.